The van der Waals surface area contributed by atoms with Crippen molar-refractivity contribution < 1.29 is 9.13 Å². The number of benzene rings is 1. The minimum absolute atomic E-state index is 0.0193. The van der Waals surface area contributed by atoms with Gasteiger partial charge in [0.25, 0.3) is 0 Å². The molecule has 1 heterocycles. The molecule has 1 unspecified atom stereocenters. The fraction of sp³-hybridized carbons (Fsp3) is 0.600. The van der Waals surface area contributed by atoms with Crippen molar-refractivity contribution in [1.82, 2.24) is 5.32 Å². The molecule has 1 aromatic carbocycles. The zero-order chi connectivity index (χ0) is 13.2. The normalized spacial score (nSPS) is 24.1. The molecular weight excluding hydrogens is 229 g/mol. The summed E-state index contributed by atoms with van der Waals surface area (Å²) >= 11 is 0. The molecule has 100 valence electrons. The Morgan fingerprint density at radius 3 is 2.61 bits per heavy atom. The van der Waals surface area contributed by atoms with Gasteiger partial charge in [-0.25, -0.2) is 4.39 Å². The SMILES string of the molecule is C[C@H](NCC1CCC(C)(C)O1)c1ccc(F)cc1. The van der Waals surface area contributed by atoms with Gasteiger partial charge in [-0.05, 0) is 51.3 Å². The summed E-state index contributed by atoms with van der Waals surface area (Å²) in [7, 11) is 0. The van der Waals surface area contributed by atoms with Crippen LogP contribution >= 0.6 is 0 Å². The first-order chi connectivity index (χ1) is 8.46. The monoisotopic (exact) mass is 251 g/mol. The second-order valence-electron chi connectivity index (χ2n) is 5.72. The quantitative estimate of drug-likeness (QED) is 0.885. The summed E-state index contributed by atoms with van der Waals surface area (Å²) in [4.78, 5) is 0. The summed E-state index contributed by atoms with van der Waals surface area (Å²) in [6, 6.07) is 6.88. The van der Waals surface area contributed by atoms with Gasteiger partial charge in [0.05, 0.1) is 11.7 Å². The van der Waals surface area contributed by atoms with Gasteiger partial charge >= 0.3 is 0 Å². The van der Waals surface area contributed by atoms with Crippen molar-refractivity contribution in [3.8, 4) is 0 Å². The maximum Gasteiger partial charge on any atom is 0.123 e. The molecule has 1 saturated heterocycles. The van der Waals surface area contributed by atoms with Gasteiger partial charge in [-0.2, -0.15) is 0 Å². The van der Waals surface area contributed by atoms with Crippen molar-refractivity contribution in [2.45, 2.75) is 51.4 Å². The molecule has 1 aliphatic rings. The Morgan fingerprint density at radius 2 is 2.06 bits per heavy atom. The molecule has 0 radical (unpaired) electrons. The molecule has 0 amide bonds. The van der Waals surface area contributed by atoms with E-state index < -0.39 is 0 Å². The van der Waals surface area contributed by atoms with Crippen molar-refractivity contribution in [2.24, 2.45) is 0 Å². The van der Waals surface area contributed by atoms with Crippen LogP contribution in [-0.2, 0) is 4.74 Å². The van der Waals surface area contributed by atoms with Gasteiger partial charge in [0.1, 0.15) is 5.82 Å². The van der Waals surface area contributed by atoms with E-state index >= 15 is 0 Å². The van der Waals surface area contributed by atoms with Crippen molar-refractivity contribution in [3.63, 3.8) is 0 Å². The van der Waals surface area contributed by atoms with Crippen LogP contribution in [0.3, 0.4) is 0 Å². The highest BCUT2D eigenvalue weighted by Crippen LogP contribution is 2.29. The van der Waals surface area contributed by atoms with Crippen LogP contribution in [0.4, 0.5) is 4.39 Å². The van der Waals surface area contributed by atoms with Crippen LogP contribution in [0.25, 0.3) is 0 Å². The predicted octanol–water partition coefficient (Wildman–Crippen LogP) is 3.43. The molecule has 18 heavy (non-hydrogen) atoms. The third-order valence-corrected chi connectivity index (χ3v) is 3.58. The number of ether oxygens (including phenoxy) is 1. The van der Waals surface area contributed by atoms with E-state index in [1.807, 2.05) is 12.1 Å². The highest BCUT2D eigenvalue weighted by molar-refractivity contribution is 5.19. The Bertz CT molecular complexity index is 388. The van der Waals surface area contributed by atoms with Crippen LogP contribution < -0.4 is 5.32 Å². The van der Waals surface area contributed by atoms with Crippen molar-refractivity contribution in [3.05, 3.63) is 35.6 Å². The molecule has 2 rings (SSSR count). The Kier molecular flexibility index (Phi) is 4.03. The lowest BCUT2D eigenvalue weighted by atomic mass is 10.1. The average Bonchev–Trinajstić information content (AvgIpc) is 2.67. The summed E-state index contributed by atoms with van der Waals surface area (Å²) < 4.78 is 18.8. The van der Waals surface area contributed by atoms with Gasteiger partial charge in [-0.1, -0.05) is 12.1 Å². The Morgan fingerprint density at radius 1 is 1.39 bits per heavy atom. The number of rotatable bonds is 4. The van der Waals surface area contributed by atoms with Gasteiger partial charge in [0, 0.05) is 12.6 Å². The fourth-order valence-corrected chi connectivity index (χ4v) is 2.40. The van der Waals surface area contributed by atoms with Crippen LogP contribution in [0.15, 0.2) is 24.3 Å². The van der Waals surface area contributed by atoms with Crippen molar-refractivity contribution in [1.29, 1.82) is 0 Å². The van der Waals surface area contributed by atoms with Crippen LogP contribution in [0.1, 0.15) is 45.2 Å². The summed E-state index contributed by atoms with van der Waals surface area (Å²) in [6.45, 7) is 7.21. The van der Waals surface area contributed by atoms with Gasteiger partial charge in [-0.15, -0.1) is 0 Å². The Labute approximate surface area is 109 Å². The molecule has 0 aliphatic carbocycles. The van der Waals surface area contributed by atoms with E-state index in [2.05, 4.69) is 26.1 Å². The highest BCUT2D eigenvalue weighted by atomic mass is 19.1. The molecule has 1 aromatic rings. The van der Waals surface area contributed by atoms with Gasteiger partial charge in [-0.3, -0.25) is 0 Å². The van der Waals surface area contributed by atoms with Crippen LogP contribution in [0.5, 0.6) is 0 Å². The van der Waals surface area contributed by atoms with Crippen LogP contribution in [0.2, 0.25) is 0 Å². The van der Waals surface area contributed by atoms with E-state index in [1.165, 1.54) is 12.1 Å². The minimum Gasteiger partial charge on any atom is -0.371 e. The van der Waals surface area contributed by atoms with E-state index in [0.29, 0.717) is 6.10 Å². The van der Waals surface area contributed by atoms with E-state index in [-0.39, 0.29) is 17.5 Å². The largest absolute Gasteiger partial charge is 0.371 e. The lowest BCUT2D eigenvalue weighted by Gasteiger charge is -2.21. The molecule has 1 fully saturated rings. The first kappa shape index (κ1) is 13.5. The first-order valence-electron chi connectivity index (χ1n) is 6.63. The van der Waals surface area contributed by atoms with E-state index in [1.54, 1.807) is 0 Å². The second-order valence-corrected chi connectivity index (χ2v) is 5.72. The molecule has 1 aliphatic heterocycles. The maximum atomic E-state index is 12.8. The number of hydrogen-bond acceptors (Lipinski definition) is 2. The average molecular weight is 251 g/mol. The molecule has 1 N–H and O–H groups in total. The molecule has 3 heteroatoms. The van der Waals surface area contributed by atoms with Crippen LogP contribution in [-0.4, -0.2) is 18.2 Å². The van der Waals surface area contributed by atoms with Crippen molar-refractivity contribution in [2.75, 3.05) is 6.54 Å². The second kappa shape index (κ2) is 5.37. The zero-order valence-electron chi connectivity index (χ0n) is 11.4. The smallest absolute Gasteiger partial charge is 0.123 e. The lowest BCUT2D eigenvalue weighted by molar-refractivity contribution is -0.0150. The van der Waals surface area contributed by atoms with E-state index in [0.717, 1.165) is 24.9 Å². The van der Waals surface area contributed by atoms with Crippen molar-refractivity contribution >= 4 is 0 Å². The molecule has 0 spiro atoms. The fourth-order valence-electron chi connectivity index (χ4n) is 2.40. The highest BCUT2D eigenvalue weighted by Gasteiger charge is 2.31. The van der Waals surface area contributed by atoms with Gasteiger partial charge < -0.3 is 10.1 Å². The molecule has 0 bridgehead atoms. The summed E-state index contributed by atoms with van der Waals surface area (Å²) in [5.41, 5.74) is 1.12. The molecule has 0 saturated carbocycles. The molecule has 2 nitrogen and oxygen atoms in total. The third-order valence-electron chi connectivity index (χ3n) is 3.58. The standard InChI is InChI=1S/C15H22FNO/c1-11(12-4-6-13(16)7-5-12)17-10-14-8-9-15(2,3)18-14/h4-7,11,14,17H,8-10H2,1-3H3/t11-,14?/m0/s1. The lowest BCUT2D eigenvalue weighted by Crippen LogP contribution is -2.31. The molecular formula is C15H22FNO. The molecule has 0 aromatic heterocycles. The zero-order valence-corrected chi connectivity index (χ0v) is 11.4. The Balaban J connectivity index is 1.82. The van der Waals surface area contributed by atoms with Gasteiger partial charge in [0.15, 0.2) is 0 Å². The summed E-state index contributed by atoms with van der Waals surface area (Å²) in [5.74, 6) is -0.188. The molecule has 2 atom stereocenters. The third kappa shape index (κ3) is 3.53. The maximum absolute atomic E-state index is 12.8. The topological polar surface area (TPSA) is 21.3 Å². The number of halogens is 1. The summed E-state index contributed by atoms with van der Waals surface area (Å²) in [5, 5.41) is 3.45. The van der Waals surface area contributed by atoms with Crippen LogP contribution in [0, 0.1) is 5.82 Å². The number of nitrogens with one attached hydrogen (secondary N) is 1. The summed E-state index contributed by atoms with van der Waals surface area (Å²) in [6.07, 6.45) is 2.52. The van der Waals surface area contributed by atoms with E-state index in [4.69, 9.17) is 4.74 Å². The predicted molar refractivity (Wildman–Crippen MR) is 71.0 cm³/mol. The first-order valence-corrected chi connectivity index (χ1v) is 6.63. The van der Waals surface area contributed by atoms with Gasteiger partial charge in [0.2, 0.25) is 0 Å². The Hall–Kier alpha value is -0.930. The number of hydrogen-bond donors (Lipinski definition) is 1. The van der Waals surface area contributed by atoms with E-state index in [9.17, 15) is 4.39 Å². The minimum atomic E-state index is -0.188.